The third-order valence-corrected chi connectivity index (χ3v) is 11.4. The van der Waals surface area contributed by atoms with Gasteiger partial charge in [-0.05, 0) is 43.3 Å². The molecule has 0 spiro atoms. The summed E-state index contributed by atoms with van der Waals surface area (Å²) in [6.45, 7) is 4.81. The van der Waals surface area contributed by atoms with Gasteiger partial charge in [0.25, 0.3) is 14.1 Å². The van der Waals surface area contributed by atoms with Crippen LogP contribution in [0.25, 0.3) is 16.7 Å². The predicted molar refractivity (Wildman–Crippen MR) is 149 cm³/mol. The normalized spacial score (nSPS) is 17.5. The van der Waals surface area contributed by atoms with Crippen molar-refractivity contribution < 1.29 is 0 Å². The topological polar surface area (TPSA) is 0 Å². The summed E-state index contributed by atoms with van der Waals surface area (Å²) in [4.78, 5) is 0. The second-order valence-electron chi connectivity index (χ2n) is 9.15. The van der Waals surface area contributed by atoms with Crippen LogP contribution < -0.4 is 0 Å². The zero-order valence-electron chi connectivity index (χ0n) is 20.1. The van der Waals surface area contributed by atoms with Crippen molar-refractivity contribution in [3.8, 4) is 0 Å². The number of benzene rings is 4. The zero-order valence-corrected chi connectivity index (χ0v) is 21.3. The van der Waals surface area contributed by atoms with Gasteiger partial charge in [-0.2, -0.15) is 0 Å². The summed E-state index contributed by atoms with van der Waals surface area (Å²) >= 11 is -1.29. The van der Waals surface area contributed by atoms with Crippen molar-refractivity contribution in [3.63, 3.8) is 0 Å². The maximum atomic E-state index is 2.66. The lowest BCUT2D eigenvalue weighted by Crippen LogP contribution is -2.41. The van der Waals surface area contributed by atoms with E-state index in [0.29, 0.717) is 0 Å². The molecule has 1 aliphatic carbocycles. The molecule has 4 aromatic rings. The SMILES string of the molecule is C[CH2][Al]([CH2]C)[C]1(c2ccccc2)C=C(c2ccccc2)C(c2ccccc2)=C1c1ccccc1. The summed E-state index contributed by atoms with van der Waals surface area (Å²) in [5.41, 5.74) is 9.63. The van der Waals surface area contributed by atoms with Crippen LogP contribution >= 0.6 is 0 Å². The first-order valence-corrected chi connectivity index (χ1v) is 14.7. The first-order valence-electron chi connectivity index (χ1n) is 12.5. The van der Waals surface area contributed by atoms with E-state index in [0.717, 1.165) is 0 Å². The molecule has 5 rings (SSSR count). The first kappa shape index (κ1) is 22.7. The van der Waals surface area contributed by atoms with Gasteiger partial charge in [0.05, 0.1) is 0 Å². The Morgan fingerprint density at radius 1 is 0.529 bits per heavy atom. The maximum absolute atomic E-state index is 2.66. The van der Waals surface area contributed by atoms with Crippen molar-refractivity contribution >= 4 is 30.9 Å². The quantitative estimate of drug-likeness (QED) is 0.245. The van der Waals surface area contributed by atoms with Gasteiger partial charge in [-0.25, -0.2) is 0 Å². The molecular formula is C33H31Al. The third kappa shape index (κ3) is 3.90. The number of rotatable bonds is 7. The molecule has 0 fully saturated rings. The zero-order chi connectivity index (χ0) is 23.4. The first-order chi connectivity index (χ1) is 16.8. The molecule has 34 heavy (non-hydrogen) atoms. The molecule has 4 aromatic carbocycles. The lowest BCUT2D eigenvalue weighted by Gasteiger charge is -2.37. The van der Waals surface area contributed by atoms with Crippen molar-refractivity contribution in [2.24, 2.45) is 0 Å². The maximum Gasteiger partial charge on any atom is 0.289 e. The van der Waals surface area contributed by atoms with Crippen LogP contribution in [0.2, 0.25) is 10.6 Å². The summed E-state index contributed by atoms with van der Waals surface area (Å²) in [7, 11) is 0. The monoisotopic (exact) mass is 454 g/mol. The standard InChI is InChI=1S/C29H21.2C2H5.Al/c1-5-13-22(14-6-1)26-21-27(23-15-7-2-8-16-23)29(25-19-11-4-12-20-25)28(26)24-17-9-3-10-18-24;2*1-2;/h1-21H;2*1H2,2H3;. The van der Waals surface area contributed by atoms with Crippen molar-refractivity contribution in [3.05, 3.63) is 150 Å². The number of allylic oxidation sites excluding steroid dienone is 4. The summed E-state index contributed by atoms with van der Waals surface area (Å²) in [6, 6.07) is 44.4. The van der Waals surface area contributed by atoms with Gasteiger partial charge in [0.2, 0.25) is 0 Å². The van der Waals surface area contributed by atoms with E-state index in [9.17, 15) is 0 Å². The van der Waals surface area contributed by atoms with E-state index in [2.05, 4.69) is 141 Å². The van der Waals surface area contributed by atoms with E-state index in [1.807, 2.05) is 0 Å². The minimum Gasteiger partial charge on any atom is -0.0955 e. The van der Waals surface area contributed by atoms with Crippen LogP contribution in [0.1, 0.15) is 36.1 Å². The molecule has 0 N–H and O–H groups in total. The summed E-state index contributed by atoms with van der Waals surface area (Å²) in [5, 5.41) is 2.50. The van der Waals surface area contributed by atoms with E-state index in [4.69, 9.17) is 0 Å². The van der Waals surface area contributed by atoms with E-state index in [1.165, 1.54) is 49.5 Å². The van der Waals surface area contributed by atoms with Crippen molar-refractivity contribution in [1.82, 2.24) is 0 Å². The summed E-state index contributed by atoms with van der Waals surface area (Å²) in [5.74, 6) is 0. The van der Waals surface area contributed by atoms with Gasteiger partial charge in [0.15, 0.2) is 0 Å². The highest BCUT2D eigenvalue weighted by molar-refractivity contribution is 6.67. The number of hydrogen-bond acceptors (Lipinski definition) is 0. The van der Waals surface area contributed by atoms with Crippen molar-refractivity contribution in [1.29, 1.82) is 0 Å². The summed E-state index contributed by atoms with van der Waals surface area (Å²) in [6.07, 6.45) is 2.66. The average Bonchev–Trinajstić information content (AvgIpc) is 3.28. The lowest BCUT2D eigenvalue weighted by atomic mass is 9.84. The molecule has 1 aliphatic rings. The van der Waals surface area contributed by atoms with E-state index >= 15 is 0 Å². The van der Waals surface area contributed by atoms with Gasteiger partial charge >= 0.3 is 0 Å². The molecule has 0 heterocycles. The second-order valence-corrected chi connectivity index (χ2v) is 13.1. The molecule has 0 radical (unpaired) electrons. The van der Waals surface area contributed by atoms with Gasteiger partial charge in [0, 0.05) is 0 Å². The molecule has 0 aliphatic heterocycles. The van der Waals surface area contributed by atoms with Crippen LogP contribution in [0.4, 0.5) is 0 Å². The molecule has 0 saturated heterocycles. The van der Waals surface area contributed by atoms with Crippen LogP contribution in [-0.2, 0) is 4.28 Å². The Morgan fingerprint density at radius 2 is 0.971 bits per heavy atom. The molecule has 166 valence electrons. The Balaban J connectivity index is 1.95. The molecule has 1 unspecified atom stereocenters. The van der Waals surface area contributed by atoms with Gasteiger partial charge in [-0.1, -0.05) is 152 Å². The minimum atomic E-state index is -1.29. The van der Waals surface area contributed by atoms with Gasteiger partial charge in [0.1, 0.15) is 0 Å². The van der Waals surface area contributed by atoms with E-state index in [-0.39, 0.29) is 4.28 Å². The predicted octanol–water partition coefficient (Wildman–Crippen LogP) is 8.71. The fourth-order valence-electron chi connectivity index (χ4n) is 5.88. The van der Waals surface area contributed by atoms with Gasteiger partial charge in [-0.15, -0.1) is 0 Å². The number of hydrogen-bond donors (Lipinski definition) is 0. The van der Waals surface area contributed by atoms with Crippen LogP contribution in [0.15, 0.2) is 127 Å². The highest BCUT2D eigenvalue weighted by Crippen LogP contribution is 2.56. The fourth-order valence-corrected chi connectivity index (χ4v) is 9.53. The third-order valence-electron chi connectivity index (χ3n) is 7.40. The van der Waals surface area contributed by atoms with Crippen molar-refractivity contribution in [2.45, 2.75) is 28.7 Å². The Bertz CT molecular complexity index is 1280. The van der Waals surface area contributed by atoms with Crippen LogP contribution in [-0.4, -0.2) is 14.1 Å². The largest absolute Gasteiger partial charge is 0.289 e. The molecule has 0 nitrogen and oxygen atoms in total. The molecule has 0 saturated carbocycles. The fraction of sp³-hybridized carbons (Fsp3) is 0.152. The second kappa shape index (κ2) is 10.0. The molecule has 0 bridgehead atoms. The Kier molecular flexibility index (Phi) is 6.68. The van der Waals surface area contributed by atoms with Gasteiger partial charge in [-0.3, -0.25) is 0 Å². The Morgan fingerprint density at radius 3 is 1.47 bits per heavy atom. The highest BCUT2D eigenvalue weighted by atomic mass is 27.2. The van der Waals surface area contributed by atoms with E-state index < -0.39 is 14.1 Å². The van der Waals surface area contributed by atoms with Crippen molar-refractivity contribution in [2.75, 3.05) is 0 Å². The molecule has 1 atom stereocenters. The van der Waals surface area contributed by atoms with Crippen LogP contribution in [0.5, 0.6) is 0 Å². The van der Waals surface area contributed by atoms with Crippen LogP contribution in [0.3, 0.4) is 0 Å². The average molecular weight is 455 g/mol. The summed E-state index contributed by atoms with van der Waals surface area (Å²) < 4.78 is -0.0670. The lowest BCUT2D eigenvalue weighted by molar-refractivity contribution is 0.944. The molecular weight excluding hydrogens is 423 g/mol. The Hall–Kier alpha value is -3.11. The molecule has 0 amide bonds. The molecule has 1 heteroatoms. The van der Waals surface area contributed by atoms with Crippen LogP contribution in [0, 0.1) is 0 Å². The Labute approximate surface area is 208 Å². The van der Waals surface area contributed by atoms with E-state index in [1.54, 1.807) is 0 Å². The molecule has 0 aromatic heterocycles. The minimum absolute atomic E-state index is 0.0670. The highest BCUT2D eigenvalue weighted by Gasteiger charge is 2.49. The smallest absolute Gasteiger partial charge is 0.0955 e. The van der Waals surface area contributed by atoms with Gasteiger partial charge < -0.3 is 0 Å².